The van der Waals surface area contributed by atoms with Gasteiger partial charge in [0.05, 0.1) is 11.3 Å². The summed E-state index contributed by atoms with van der Waals surface area (Å²) in [4.78, 5) is 27.3. The molecule has 0 bridgehead atoms. The van der Waals surface area contributed by atoms with E-state index in [9.17, 15) is 14.0 Å². The molecule has 0 radical (unpaired) electrons. The summed E-state index contributed by atoms with van der Waals surface area (Å²) in [5, 5.41) is 1.92. The average Bonchev–Trinajstić information content (AvgIpc) is 3.19. The van der Waals surface area contributed by atoms with Gasteiger partial charge in [0.15, 0.2) is 0 Å². The Hall–Kier alpha value is -2.47. The molecule has 6 heteroatoms. The number of carbonyl (C=O) groups excluding carboxylic acids is 2. The maximum Gasteiger partial charge on any atom is 0.337 e. The number of nitrogens with zero attached hydrogens (tertiary/aromatic N) is 1. The Kier molecular flexibility index (Phi) is 3.27. The highest BCUT2D eigenvalue weighted by Gasteiger charge is 2.43. The minimum atomic E-state index is -0.377. The summed E-state index contributed by atoms with van der Waals surface area (Å²) in [5.41, 5.74) is 1.65. The van der Waals surface area contributed by atoms with Gasteiger partial charge >= 0.3 is 5.97 Å². The number of cyclic esters (lactones) is 1. The summed E-state index contributed by atoms with van der Waals surface area (Å²) >= 11 is 1.52. The van der Waals surface area contributed by atoms with Crippen LogP contribution in [0.25, 0.3) is 0 Å². The van der Waals surface area contributed by atoms with Crippen LogP contribution in [0.15, 0.2) is 53.0 Å². The summed E-state index contributed by atoms with van der Waals surface area (Å²) in [6.07, 6.45) is 0.200. The molecule has 4 rings (SSSR count). The number of halogens is 1. The van der Waals surface area contributed by atoms with Gasteiger partial charge in [0.25, 0.3) is 0 Å². The Morgan fingerprint density at radius 2 is 1.96 bits per heavy atom. The number of amides is 1. The lowest BCUT2D eigenvalue weighted by molar-refractivity contribution is -0.136. The van der Waals surface area contributed by atoms with Gasteiger partial charge in [0.1, 0.15) is 12.4 Å². The molecule has 1 amide bonds. The molecule has 2 aromatic rings. The van der Waals surface area contributed by atoms with Crippen LogP contribution in [0.3, 0.4) is 0 Å². The van der Waals surface area contributed by atoms with Gasteiger partial charge in [-0.05, 0) is 35.7 Å². The van der Waals surface area contributed by atoms with E-state index in [4.69, 9.17) is 4.74 Å². The van der Waals surface area contributed by atoms with Crippen molar-refractivity contribution in [1.29, 1.82) is 0 Å². The van der Waals surface area contributed by atoms with Crippen LogP contribution in [0.1, 0.15) is 17.2 Å². The number of benzene rings is 1. The largest absolute Gasteiger partial charge is 0.456 e. The lowest BCUT2D eigenvalue weighted by Crippen LogP contribution is -2.37. The lowest BCUT2D eigenvalue weighted by atomic mass is 9.88. The molecule has 0 N–H and O–H groups in total. The van der Waals surface area contributed by atoms with E-state index in [1.54, 1.807) is 0 Å². The quantitative estimate of drug-likeness (QED) is 0.795. The molecule has 1 aromatic carbocycles. The number of thiophene rings is 1. The van der Waals surface area contributed by atoms with Crippen LogP contribution in [0.2, 0.25) is 0 Å². The second-order valence-corrected chi connectivity index (χ2v) is 6.39. The van der Waals surface area contributed by atoms with E-state index >= 15 is 0 Å². The zero-order chi connectivity index (χ0) is 16.0. The lowest BCUT2D eigenvalue weighted by Gasteiger charge is -2.31. The topological polar surface area (TPSA) is 46.6 Å². The number of hydrogen-bond donors (Lipinski definition) is 0. The van der Waals surface area contributed by atoms with Gasteiger partial charge < -0.3 is 4.74 Å². The summed E-state index contributed by atoms with van der Waals surface area (Å²) in [6.45, 7) is 0.0686. The minimum Gasteiger partial charge on any atom is -0.456 e. The Morgan fingerprint density at radius 1 is 1.17 bits per heavy atom. The fraction of sp³-hybridized carbons (Fsp3) is 0.176. The van der Waals surface area contributed by atoms with Gasteiger partial charge in [-0.1, -0.05) is 6.07 Å². The molecular weight excluding hydrogens is 317 g/mol. The Balaban J connectivity index is 1.83. The van der Waals surface area contributed by atoms with Gasteiger partial charge in [0.2, 0.25) is 5.91 Å². The first-order chi connectivity index (χ1) is 11.1. The number of anilines is 1. The SMILES string of the molecule is O=C1OCC2=C1[C@H](c1cccs1)CC(=O)N2c1ccc(F)cc1. The average molecular weight is 329 g/mol. The van der Waals surface area contributed by atoms with Crippen LogP contribution >= 0.6 is 11.3 Å². The van der Waals surface area contributed by atoms with Crippen molar-refractivity contribution in [3.05, 3.63) is 63.7 Å². The number of esters is 1. The van der Waals surface area contributed by atoms with Crippen molar-refractivity contribution in [2.45, 2.75) is 12.3 Å². The standard InChI is InChI=1S/C17H12FNO3S/c18-10-3-5-11(6-4-10)19-13-9-22-17(21)16(13)12(8-15(19)20)14-2-1-7-23-14/h1-7,12H,8-9H2/t12-/m0/s1. The molecule has 2 aliphatic rings. The molecule has 0 spiro atoms. The Morgan fingerprint density at radius 3 is 2.65 bits per heavy atom. The van der Waals surface area contributed by atoms with Crippen LogP contribution in [0.4, 0.5) is 10.1 Å². The minimum absolute atomic E-state index is 0.0686. The molecule has 0 fully saturated rings. The van der Waals surface area contributed by atoms with E-state index in [1.165, 1.54) is 40.5 Å². The predicted octanol–water partition coefficient (Wildman–Crippen LogP) is 3.22. The van der Waals surface area contributed by atoms with Crippen molar-refractivity contribution in [2.24, 2.45) is 0 Å². The molecule has 116 valence electrons. The number of carbonyl (C=O) groups is 2. The van der Waals surface area contributed by atoms with E-state index < -0.39 is 0 Å². The van der Waals surface area contributed by atoms with E-state index in [0.29, 0.717) is 17.0 Å². The monoisotopic (exact) mass is 329 g/mol. The van der Waals surface area contributed by atoms with Crippen LogP contribution in [-0.4, -0.2) is 18.5 Å². The summed E-state index contributed by atoms with van der Waals surface area (Å²) in [5.74, 6) is -1.13. The fourth-order valence-electron chi connectivity index (χ4n) is 3.08. The van der Waals surface area contributed by atoms with E-state index in [-0.39, 0.29) is 36.6 Å². The van der Waals surface area contributed by atoms with E-state index in [0.717, 1.165) is 4.88 Å². The zero-order valence-corrected chi connectivity index (χ0v) is 12.8. The van der Waals surface area contributed by atoms with Gasteiger partial charge in [-0.15, -0.1) is 11.3 Å². The van der Waals surface area contributed by atoms with Crippen LogP contribution in [0, 0.1) is 5.82 Å². The number of rotatable bonds is 2. The maximum absolute atomic E-state index is 13.1. The predicted molar refractivity (Wildman–Crippen MR) is 83.5 cm³/mol. The van der Waals surface area contributed by atoms with Gasteiger partial charge in [0, 0.05) is 22.9 Å². The maximum atomic E-state index is 13.1. The summed E-state index contributed by atoms with van der Waals surface area (Å²) in [6, 6.07) is 9.49. The number of hydrogen-bond acceptors (Lipinski definition) is 4. The van der Waals surface area contributed by atoms with Crippen molar-refractivity contribution >= 4 is 28.9 Å². The van der Waals surface area contributed by atoms with Crippen molar-refractivity contribution in [1.82, 2.24) is 0 Å². The normalized spacial score (nSPS) is 20.7. The molecule has 0 unspecified atom stereocenters. The highest BCUT2D eigenvalue weighted by molar-refractivity contribution is 7.10. The highest BCUT2D eigenvalue weighted by atomic mass is 32.1. The van der Waals surface area contributed by atoms with Gasteiger partial charge in [-0.3, -0.25) is 9.69 Å². The fourth-order valence-corrected chi connectivity index (χ4v) is 3.91. The van der Waals surface area contributed by atoms with Crippen molar-refractivity contribution < 1.29 is 18.7 Å². The third-order valence-electron chi connectivity index (χ3n) is 4.09. The van der Waals surface area contributed by atoms with Crippen LogP contribution < -0.4 is 4.90 Å². The molecule has 1 aromatic heterocycles. The molecule has 0 saturated carbocycles. The second kappa shape index (κ2) is 5.31. The molecule has 0 saturated heterocycles. The highest BCUT2D eigenvalue weighted by Crippen LogP contribution is 2.42. The number of ether oxygens (including phenoxy) is 1. The third-order valence-corrected chi connectivity index (χ3v) is 5.07. The molecular formula is C17H12FNO3S. The zero-order valence-electron chi connectivity index (χ0n) is 12.0. The second-order valence-electron chi connectivity index (χ2n) is 5.41. The summed E-state index contributed by atoms with van der Waals surface area (Å²) in [7, 11) is 0. The van der Waals surface area contributed by atoms with Crippen molar-refractivity contribution in [2.75, 3.05) is 11.5 Å². The first-order valence-corrected chi connectivity index (χ1v) is 8.05. The van der Waals surface area contributed by atoms with Crippen molar-refractivity contribution in [3.63, 3.8) is 0 Å². The summed E-state index contributed by atoms with van der Waals surface area (Å²) < 4.78 is 18.3. The Bertz CT molecular complexity index is 811. The molecule has 23 heavy (non-hydrogen) atoms. The molecule has 1 atom stereocenters. The molecule has 0 aliphatic carbocycles. The first-order valence-electron chi connectivity index (χ1n) is 7.17. The van der Waals surface area contributed by atoms with E-state index in [2.05, 4.69) is 0 Å². The Labute approximate surface area is 135 Å². The molecule has 4 nitrogen and oxygen atoms in total. The van der Waals surface area contributed by atoms with Crippen LogP contribution in [-0.2, 0) is 14.3 Å². The van der Waals surface area contributed by atoms with Gasteiger partial charge in [-0.25, -0.2) is 9.18 Å². The molecule has 2 aliphatic heterocycles. The van der Waals surface area contributed by atoms with Crippen LogP contribution in [0.5, 0.6) is 0 Å². The first kappa shape index (κ1) is 14.1. The van der Waals surface area contributed by atoms with Crippen molar-refractivity contribution in [3.8, 4) is 0 Å². The van der Waals surface area contributed by atoms with E-state index in [1.807, 2.05) is 17.5 Å². The smallest absolute Gasteiger partial charge is 0.337 e. The third kappa shape index (κ3) is 2.26. The van der Waals surface area contributed by atoms with Gasteiger partial charge in [-0.2, -0.15) is 0 Å². The molecule has 3 heterocycles.